The molecule has 0 fully saturated rings. The maximum Gasteiger partial charge on any atom is 0.296 e. The van der Waals surface area contributed by atoms with E-state index in [1.807, 2.05) is 32.2 Å². The van der Waals surface area contributed by atoms with Crippen molar-refractivity contribution in [3.8, 4) is 11.8 Å². The Balaban J connectivity index is 1.86. The molecule has 12 nitrogen and oxygen atoms in total. The van der Waals surface area contributed by atoms with Gasteiger partial charge in [0, 0.05) is 37.8 Å². The van der Waals surface area contributed by atoms with Crippen LogP contribution in [0.1, 0.15) is 57.5 Å². The molecule has 1 amide bonds. The van der Waals surface area contributed by atoms with Crippen LogP contribution >= 0.6 is 0 Å². The molecule has 12 heteroatoms. The van der Waals surface area contributed by atoms with Crippen LogP contribution in [0.25, 0.3) is 0 Å². The number of hydrogen-bond donors (Lipinski definition) is 2. The highest BCUT2D eigenvalue weighted by Gasteiger charge is 2.32. The van der Waals surface area contributed by atoms with E-state index in [1.165, 1.54) is 24.1 Å². The van der Waals surface area contributed by atoms with E-state index in [1.54, 1.807) is 23.9 Å². The lowest BCUT2D eigenvalue weighted by atomic mass is 9.79. The van der Waals surface area contributed by atoms with Crippen molar-refractivity contribution in [3.63, 3.8) is 0 Å². The zero-order chi connectivity index (χ0) is 27.4. The number of aryl methyl sites for hydroxylation is 1. The second-order valence-electron chi connectivity index (χ2n) is 8.79. The number of nitrogens with one attached hydrogen (secondary N) is 1. The first-order valence-electron chi connectivity index (χ1n) is 11.8. The number of amides is 1. The number of benzene rings is 1. The molecule has 0 bridgehead atoms. The molecule has 1 aromatic carbocycles. The van der Waals surface area contributed by atoms with Gasteiger partial charge in [0.05, 0.1) is 36.7 Å². The number of aromatic hydroxyl groups is 1. The molecule has 0 unspecified atom stereocenters. The average molecular weight is 518 g/mol. The maximum atomic E-state index is 13.0. The van der Waals surface area contributed by atoms with Crippen LogP contribution in [0.5, 0.6) is 5.75 Å². The highest BCUT2D eigenvalue weighted by Crippen LogP contribution is 2.40. The second-order valence-corrected chi connectivity index (χ2v) is 8.79. The van der Waals surface area contributed by atoms with Gasteiger partial charge in [0.1, 0.15) is 17.8 Å². The van der Waals surface area contributed by atoms with Gasteiger partial charge in [-0.2, -0.15) is 10.4 Å². The summed E-state index contributed by atoms with van der Waals surface area (Å²) < 4.78 is 12.9. The molecule has 4 aromatic rings. The molecule has 0 radical (unpaired) electrons. The highest BCUT2D eigenvalue weighted by molar-refractivity contribution is 6.04. The van der Waals surface area contributed by atoms with E-state index in [4.69, 9.17) is 9.26 Å². The standard InChI is InChI=1S/C26H27N7O5/c1-15(24-30-22(23(34)26(36)32(24)3)25(35)29-18-12-28-38-14-18)21(19-8-6-5-7-17(19)11-27)20-13-33(9-10-37-4)31-16(20)2/h5-8,12-15,21,34H,9-10H2,1-4H3,(H,29,35)/t15-,21-/m0/s1. The number of rotatable bonds is 9. The van der Waals surface area contributed by atoms with Gasteiger partial charge in [-0.25, -0.2) is 4.98 Å². The summed E-state index contributed by atoms with van der Waals surface area (Å²) in [6.07, 6.45) is 4.37. The number of carbonyl (C=O) groups is 1. The van der Waals surface area contributed by atoms with Crippen molar-refractivity contribution in [3.05, 3.63) is 87.2 Å². The van der Waals surface area contributed by atoms with Gasteiger partial charge in [0.25, 0.3) is 11.5 Å². The summed E-state index contributed by atoms with van der Waals surface area (Å²) in [5.74, 6) is -2.32. The van der Waals surface area contributed by atoms with Crippen molar-refractivity contribution in [1.82, 2.24) is 24.5 Å². The van der Waals surface area contributed by atoms with E-state index in [2.05, 4.69) is 26.6 Å². The molecule has 2 atom stereocenters. The van der Waals surface area contributed by atoms with Crippen LogP contribution in [0.2, 0.25) is 0 Å². The van der Waals surface area contributed by atoms with Crippen LogP contribution in [-0.4, -0.2) is 49.2 Å². The molecule has 0 spiro atoms. The lowest BCUT2D eigenvalue weighted by Gasteiger charge is -2.26. The molecular weight excluding hydrogens is 490 g/mol. The summed E-state index contributed by atoms with van der Waals surface area (Å²) in [6, 6.07) is 9.43. The first-order chi connectivity index (χ1) is 18.3. The lowest BCUT2D eigenvalue weighted by Crippen LogP contribution is -2.29. The molecule has 0 aliphatic rings. The molecule has 4 rings (SSSR count). The van der Waals surface area contributed by atoms with Crippen LogP contribution in [-0.2, 0) is 18.3 Å². The molecule has 3 heterocycles. The van der Waals surface area contributed by atoms with Crippen LogP contribution in [0.15, 0.2) is 52.2 Å². The number of carbonyl (C=O) groups excluding carboxylic acids is 1. The Morgan fingerprint density at radius 2 is 2.08 bits per heavy atom. The molecule has 0 saturated heterocycles. The average Bonchev–Trinajstić information content (AvgIpc) is 3.56. The van der Waals surface area contributed by atoms with Gasteiger partial charge >= 0.3 is 0 Å². The molecule has 0 saturated carbocycles. The smallest absolute Gasteiger partial charge is 0.296 e. The predicted molar refractivity (Wildman–Crippen MR) is 136 cm³/mol. The van der Waals surface area contributed by atoms with Crippen LogP contribution < -0.4 is 10.9 Å². The van der Waals surface area contributed by atoms with Crippen molar-refractivity contribution in [1.29, 1.82) is 5.26 Å². The Morgan fingerprint density at radius 1 is 1.32 bits per heavy atom. The molecule has 3 aromatic heterocycles. The maximum absolute atomic E-state index is 13.0. The van der Waals surface area contributed by atoms with E-state index in [0.29, 0.717) is 18.7 Å². The third kappa shape index (κ3) is 5.05. The Bertz CT molecular complexity index is 1550. The summed E-state index contributed by atoms with van der Waals surface area (Å²) in [7, 11) is 3.09. The van der Waals surface area contributed by atoms with Gasteiger partial charge in [-0.1, -0.05) is 30.3 Å². The summed E-state index contributed by atoms with van der Waals surface area (Å²) in [4.78, 5) is 30.4. The fourth-order valence-corrected chi connectivity index (χ4v) is 4.49. The van der Waals surface area contributed by atoms with Crippen molar-refractivity contribution >= 4 is 11.6 Å². The Kier molecular flexibility index (Phi) is 7.68. The third-order valence-electron chi connectivity index (χ3n) is 6.37. The number of nitriles is 1. The van der Waals surface area contributed by atoms with E-state index >= 15 is 0 Å². The summed E-state index contributed by atoms with van der Waals surface area (Å²) in [5, 5.41) is 31.0. The number of anilines is 1. The van der Waals surface area contributed by atoms with E-state index in [-0.39, 0.29) is 11.5 Å². The number of hydrogen-bond acceptors (Lipinski definition) is 9. The van der Waals surface area contributed by atoms with E-state index in [0.717, 1.165) is 16.8 Å². The van der Waals surface area contributed by atoms with Crippen molar-refractivity contribution in [2.75, 3.05) is 19.0 Å². The minimum Gasteiger partial charge on any atom is -0.501 e. The highest BCUT2D eigenvalue weighted by atomic mass is 16.5. The number of methoxy groups -OCH3 is 1. The predicted octanol–water partition coefficient (Wildman–Crippen LogP) is 2.68. The summed E-state index contributed by atoms with van der Waals surface area (Å²) in [6.45, 7) is 4.72. The zero-order valence-corrected chi connectivity index (χ0v) is 21.4. The van der Waals surface area contributed by atoms with Gasteiger partial charge < -0.3 is 19.7 Å². The molecule has 0 aliphatic heterocycles. The van der Waals surface area contributed by atoms with Crippen LogP contribution in [0.4, 0.5) is 5.69 Å². The largest absolute Gasteiger partial charge is 0.501 e. The Labute approximate surface area is 218 Å². The van der Waals surface area contributed by atoms with Crippen molar-refractivity contribution in [2.24, 2.45) is 7.05 Å². The third-order valence-corrected chi connectivity index (χ3v) is 6.37. The molecule has 0 aliphatic carbocycles. The molecule has 2 N–H and O–H groups in total. The Morgan fingerprint density at radius 3 is 2.76 bits per heavy atom. The first-order valence-corrected chi connectivity index (χ1v) is 11.8. The SMILES string of the molecule is COCCn1cc([C@H](c2ccccc2C#N)[C@H](C)c2nc(C(=O)Nc3cnoc3)c(O)c(=O)n2C)c(C)n1. The molecular formula is C26H27N7O5. The number of aromatic nitrogens is 5. The second kappa shape index (κ2) is 11.1. The zero-order valence-electron chi connectivity index (χ0n) is 21.4. The summed E-state index contributed by atoms with van der Waals surface area (Å²) >= 11 is 0. The normalized spacial score (nSPS) is 12.6. The molecule has 38 heavy (non-hydrogen) atoms. The Hall–Kier alpha value is -4.76. The number of nitrogens with zero attached hydrogens (tertiary/aromatic N) is 6. The van der Waals surface area contributed by atoms with Gasteiger partial charge in [-0.05, 0) is 18.6 Å². The van der Waals surface area contributed by atoms with Gasteiger partial charge in [-0.3, -0.25) is 18.8 Å². The van der Waals surface area contributed by atoms with E-state index in [9.17, 15) is 20.0 Å². The van der Waals surface area contributed by atoms with Crippen molar-refractivity contribution < 1.29 is 19.2 Å². The van der Waals surface area contributed by atoms with Crippen molar-refractivity contribution in [2.45, 2.75) is 32.2 Å². The molecule has 196 valence electrons. The minimum atomic E-state index is -0.797. The summed E-state index contributed by atoms with van der Waals surface area (Å²) in [5.41, 5.74) is 1.77. The minimum absolute atomic E-state index is 0.241. The number of ether oxygens (including phenoxy) is 1. The van der Waals surface area contributed by atoms with Gasteiger partial charge in [0.15, 0.2) is 5.69 Å². The monoisotopic (exact) mass is 517 g/mol. The fraction of sp³-hybridized carbons (Fsp3) is 0.308. The topological polar surface area (TPSA) is 161 Å². The van der Waals surface area contributed by atoms with Gasteiger partial charge in [-0.15, -0.1) is 0 Å². The first kappa shape index (κ1) is 26.3. The van der Waals surface area contributed by atoms with Gasteiger partial charge in [0.2, 0.25) is 5.75 Å². The fourth-order valence-electron chi connectivity index (χ4n) is 4.49. The lowest BCUT2D eigenvalue weighted by molar-refractivity contribution is 0.101. The van der Waals surface area contributed by atoms with Crippen LogP contribution in [0.3, 0.4) is 0 Å². The van der Waals surface area contributed by atoms with Crippen LogP contribution in [0, 0.1) is 18.3 Å². The van der Waals surface area contributed by atoms with E-state index < -0.39 is 34.7 Å². The quantitative estimate of drug-likeness (QED) is 0.340.